The van der Waals surface area contributed by atoms with Crippen LogP contribution in [-0.4, -0.2) is 4.92 Å². The van der Waals surface area contributed by atoms with Gasteiger partial charge in [0.25, 0.3) is 5.69 Å². The van der Waals surface area contributed by atoms with Crippen LogP contribution in [0.15, 0.2) is 34.8 Å². The van der Waals surface area contributed by atoms with E-state index in [4.69, 9.17) is 23.2 Å². The Labute approximate surface area is 134 Å². The van der Waals surface area contributed by atoms with E-state index in [-0.39, 0.29) is 5.69 Å². The van der Waals surface area contributed by atoms with E-state index in [1.54, 1.807) is 24.3 Å². The lowest BCUT2D eigenvalue weighted by Crippen LogP contribution is -1.98. The van der Waals surface area contributed by atoms with E-state index in [2.05, 4.69) is 21.2 Å². The zero-order valence-electron chi connectivity index (χ0n) is 10.3. The molecule has 0 aliphatic rings. The van der Waals surface area contributed by atoms with Gasteiger partial charge < -0.3 is 5.32 Å². The second kappa shape index (κ2) is 5.99. The number of aryl methyl sites for hydroxylation is 1. The second-order valence-electron chi connectivity index (χ2n) is 4.10. The molecule has 0 aliphatic heterocycles. The van der Waals surface area contributed by atoms with Gasteiger partial charge in [-0.05, 0) is 30.7 Å². The molecule has 2 aromatic rings. The fourth-order valence-corrected chi connectivity index (χ4v) is 2.48. The molecule has 1 N–H and O–H groups in total. The van der Waals surface area contributed by atoms with Crippen molar-refractivity contribution in [2.24, 2.45) is 0 Å². The Kier molecular flexibility index (Phi) is 4.52. The van der Waals surface area contributed by atoms with Gasteiger partial charge >= 0.3 is 0 Å². The lowest BCUT2D eigenvalue weighted by Gasteiger charge is -2.12. The van der Waals surface area contributed by atoms with E-state index >= 15 is 0 Å². The van der Waals surface area contributed by atoms with Gasteiger partial charge in [0, 0.05) is 10.5 Å². The average Bonchev–Trinajstić information content (AvgIpc) is 2.40. The molecule has 0 saturated heterocycles. The van der Waals surface area contributed by atoms with Gasteiger partial charge in [-0.3, -0.25) is 10.1 Å². The van der Waals surface area contributed by atoms with Crippen molar-refractivity contribution in [2.45, 2.75) is 6.92 Å². The number of nitrogens with zero attached hydrogens (tertiary/aromatic N) is 1. The molecule has 0 fully saturated rings. The Morgan fingerprint density at radius 2 is 1.95 bits per heavy atom. The minimum Gasteiger partial charge on any atom is -0.347 e. The first-order valence-corrected chi connectivity index (χ1v) is 7.10. The Morgan fingerprint density at radius 3 is 2.60 bits per heavy atom. The summed E-state index contributed by atoms with van der Waals surface area (Å²) in [7, 11) is 0. The van der Waals surface area contributed by atoms with E-state index in [9.17, 15) is 10.1 Å². The van der Waals surface area contributed by atoms with Crippen LogP contribution in [0.1, 0.15) is 5.56 Å². The van der Waals surface area contributed by atoms with Gasteiger partial charge in [-0.25, -0.2) is 0 Å². The summed E-state index contributed by atoms with van der Waals surface area (Å²) in [6, 6.07) is 8.19. The molecule has 0 unspecified atom stereocenters. The third-order valence-electron chi connectivity index (χ3n) is 2.70. The predicted molar refractivity (Wildman–Crippen MR) is 85.3 cm³/mol. The van der Waals surface area contributed by atoms with Crippen LogP contribution in [0, 0.1) is 17.0 Å². The highest BCUT2D eigenvalue weighted by molar-refractivity contribution is 9.10. The fraction of sp³-hybridized carbons (Fsp3) is 0.0769. The summed E-state index contributed by atoms with van der Waals surface area (Å²) in [6.07, 6.45) is 0. The Morgan fingerprint density at radius 1 is 1.25 bits per heavy atom. The quantitative estimate of drug-likeness (QED) is 0.551. The Balaban J connectivity index is 2.51. The van der Waals surface area contributed by atoms with E-state index in [0.717, 1.165) is 5.56 Å². The number of anilines is 2. The maximum absolute atomic E-state index is 11.1. The van der Waals surface area contributed by atoms with Crippen LogP contribution >= 0.6 is 39.1 Å². The monoisotopic (exact) mass is 374 g/mol. The Hall–Kier alpha value is -1.30. The van der Waals surface area contributed by atoms with Crippen LogP contribution in [0.25, 0.3) is 0 Å². The van der Waals surface area contributed by atoms with Gasteiger partial charge in [-0.1, -0.05) is 45.2 Å². The first-order valence-electron chi connectivity index (χ1n) is 5.55. The first-order chi connectivity index (χ1) is 9.40. The number of nitro benzene ring substituents is 1. The van der Waals surface area contributed by atoms with Gasteiger partial charge in [0.05, 0.1) is 20.7 Å². The van der Waals surface area contributed by atoms with E-state index in [1.165, 1.54) is 6.07 Å². The third kappa shape index (κ3) is 3.06. The number of halogens is 3. The van der Waals surface area contributed by atoms with Crippen molar-refractivity contribution in [3.63, 3.8) is 0 Å². The fourth-order valence-electron chi connectivity index (χ4n) is 1.67. The molecule has 7 heteroatoms. The summed E-state index contributed by atoms with van der Waals surface area (Å²) in [6.45, 7) is 1.83. The highest BCUT2D eigenvalue weighted by atomic mass is 79.9. The first kappa shape index (κ1) is 15.1. The van der Waals surface area contributed by atoms with E-state index in [0.29, 0.717) is 25.9 Å². The standard InChI is InChI=1S/C13H9BrCl2N2O2/c1-7-2-4-9(15)13(12(7)16)17-10-5-3-8(14)6-11(10)18(19)20/h2-6,17H,1H3. The van der Waals surface area contributed by atoms with Crippen molar-refractivity contribution >= 4 is 56.2 Å². The molecule has 4 nitrogen and oxygen atoms in total. The molecular weight excluding hydrogens is 367 g/mol. The van der Waals surface area contributed by atoms with Crippen molar-refractivity contribution in [1.29, 1.82) is 0 Å². The molecule has 20 heavy (non-hydrogen) atoms. The largest absolute Gasteiger partial charge is 0.347 e. The van der Waals surface area contributed by atoms with Crippen LogP contribution in [0.2, 0.25) is 10.0 Å². The van der Waals surface area contributed by atoms with E-state index < -0.39 is 4.92 Å². The van der Waals surface area contributed by atoms with Gasteiger partial charge in [0.1, 0.15) is 5.69 Å². The molecule has 0 heterocycles. The van der Waals surface area contributed by atoms with Crippen LogP contribution in [-0.2, 0) is 0 Å². The number of hydrogen-bond acceptors (Lipinski definition) is 3. The summed E-state index contributed by atoms with van der Waals surface area (Å²) in [4.78, 5) is 10.6. The predicted octanol–water partition coefficient (Wildman–Crippen LogP) is 5.72. The minimum absolute atomic E-state index is 0.0620. The molecule has 0 saturated carbocycles. The molecule has 0 bridgehead atoms. The second-order valence-corrected chi connectivity index (χ2v) is 5.80. The molecule has 0 aliphatic carbocycles. The molecule has 0 atom stereocenters. The lowest BCUT2D eigenvalue weighted by molar-refractivity contribution is -0.384. The van der Waals surface area contributed by atoms with Crippen molar-refractivity contribution in [3.8, 4) is 0 Å². The Bertz CT molecular complexity index is 692. The SMILES string of the molecule is Cc1ccc(Cl)c(Nc2ccc(Br)cc2[N+](=O)[O-])c1Cl. The van der Waals surface area contributed by atoms with Crippen LogP contribution in [0.5, 0.6) is 0 Å². The van der Waals surface area contributed by atoms with Crippen molar-refractivity contribution in [1.82, 2.24) is 0 Å². The molecule has 2 rings (SSSR count). The van der Waals surface area contributed by atoms with E-state index in [1.807, 2.05) is 6.92 Å². The number of nitrogens with one attached hydrogen (secondary N) is 1. The number of benzene rings is 2. The van der Waals surface area contributed by atoms with Crippen molar-refractivity contribution < 1.29 is 4.92 Å². The molecule has 0 aromatic heterocycles. The molecule has 0 radical (unpaired) electrons. The molecule has 0 spiro atoms. The smallest absolute Gasteiger partial charge is 0.293 e. The van der Waals surface area contributed by atoms with Crippen LogP contribution in [0.4, 0.5) is 17.1 Å². The maximum Gasteiger partial charge on any atom is 0.293 e. The van der Waals surface area contributed by atoms with Gasteiger partial charge in [-0.15, -0.1) is 0 Å². The maximum atomic E-state index is 11.1. The number of rotatable bonds is 3. The van der Waals surface area contributed by atoms with Gasteiger partial charge in [0.2, 0.25) is 0 Å². The normalized spacial score (nSPS) is 10.4. The topological polar surface area (TPSA) is 55.2 Å². The minimum atomic E-state index is -0.468. The summed E-state index contributed by atoms with van der Waals surface area (Å²) < 4.78 is 0.621. The summed E-state index contributed by atoms with van der Waals surface area (Å²) in [5.74, 6) is 0. The molecular formula is C13H9BrCl2N2O2. The van der Waals surface area contributed by atoms with Gasteiger partial charge in [-0.2, -0.15) is 0 Å². The summed E-state index contributed by atoms with van der Waals surface area (Å²) in [5.41, 5.74) is 1.55. The highest BCUT2D eigenvalue weighted by Crippen LogP contribution is 2.38. The lowest BCUT2D eigenvalue weighted by atomic mass is 10.2. The molecule has 2 aromatic carbocycles. The third-order valence-corrected chi connectivity index (χ3v) is 4.00. The van der Waals surface area contributed by atoms with Crippen molar-refractivity contribution in [2.75, 3.05) is 5.32 Å². The molecule has 0 amide bonds. The van der Waals surface area contributed by atoms with Crippen LogP contribution < -0.4 is 5.32 Å². The number of hydrogen-bond donors (Lipinski definition) is 1. The van der Waals surface area contributed by atoms with Crippen molar-refractivity contribution in [3.05, 3.63) is 60.5 Å². The van der Waals surface area contributed by atoms with Crippen LogP contribution in [0.3, 0.4) is 0 Å². The highest BCUT2D eigenvalue weighted by Gasteiger charge is 2.17. The zero-order chi connectivity index (χ0) is 14.9. The summed E-state index contributed by atoms with van der Waals surface area (Å²) >= 11 is 15.5. The zero-order valence-corrected chi connectivity index (χ0v) is 13.4. The number of nitro groups is 1. The average molecular weight is 376 g/mol. The summed E-state index contributed by atoms with van der Waals surface area (Å²) in [5, 5.41) is 14.9. The molecule has 104 valence electrons. The van der Waals surface area contributed by atoms with Gasteiger partial charge in [0.15, 0.2) is 0 Å².